The summed E-state index contributed by atoms with van der Waals surface area (Å²) >= 11 is 0. The molecule has 4 aromatic rings. The summed E-state index contributed by atoms with van der Waals surface area (Å²) in [6.07, 6.45) is 5.85. The highest BCUT2D eigenvalue weighted by Gasteiger charge is 2.71. The van der Waals surface area contributed by atoms with Crippen LogP contribution < -0.4 is 10.1 Å². The van der Waals surface area contributed by atoms with Gasteiger partial charge >= 0.3 is 0 Å². The molecular weight excluding hydrogens is 428 g/mol. The lowest BCUT2D eigenvalue weighted by atomic mass is 9.39. The van der Waals surface area contributed by atoms with Crippen molar-refractivity contribution in [2.45, 2.75) is 37.1 Å². The number of pyridine rings is 2. The van der Waals surface area contributed by atoms with Crippen molar-refractivity contribution in [1.82, 2.24) is 30.0 Å². The standard InChI is InChI=1S/C26H24N6O2/c1-2-34-19-11-12-20(28-14-19)22-30-31-24(32(22)18-8-4-3-5-9-18)25-15-26(16-25,17-25)29-23(33)21-10-6-7-13-27-21/h3-14H,2,15-17H2,1H3,(H,29,33). The van der Waals surface area contributed by atoms with Crippen LogP contribution in [0.2, 0.25) is 0 Å². The molecule has 3 aromatic heterocycles. The van der Waals surface area contributed by atoms with Gasteiger partial charge in [-0.05, 0) is 62.6 Å². The van der Waals surface area contributed by atoms with Gasteiger partial charge in [0.15, 0.2) is 5.82 Å². The fourth-order valence-electron chi connectivity index (χ4n) is 5.34. The van der Waals surface area contributed by atoms with Crippen molar-refractivity contribution in [3.05, 3.63) is 84.6 Å². The van der Waals surface area contributed by atoms with E-state index in [9.17, 15) is 4.79 Å². The van der Waals surface area contributed by atoms with Crippen LogP contribution >= 0.6 is 0 Å². The summed E-state index contributed by atoms with van der Waals surface area (Å²) in [5.41, 5.74) is 1.86. The van der Waals surface area contributed by atoms with Crippen LogP contribution in [-0.2, 0) is 5.41 Å². The summed E-state index contributed by atoms with van der Waals surface area (Å²) in [6.45, 7) is 2.54. The summed E-state index contributed by atoms with van der Waals surface area (Å²) in [5.74, 6) is 2.21. The molecule has 3 aliphatic rings. The Morgan fingerprint density at radius 3 is 2.47 bits per heavy atom. The van der Waals surface area contributed by atoms with Crippen molar-refractivity contribution in [3.8, 4) is 23.0 Å². The van der Waals surface area contributed by atoms with Gasteiger partial charge in [0.1, 0.15) is 23.0 Å². The summed E-state index contributed by atoms with van der Waals surface area (Å²) < 4.78 is 7.64. The quantitative estimate of drug-likeness (QED) is 0.459. The zero-order valence-electron chi connectivity index (χ0n) is 18.8. The summed E-state index contributed by atoms with van der Waals surface area (Å²) in [7, 11) is 0. The van der Waals surface area contributed by atoms with Crippen LogP contribution in [0.3, 0.4) is 0 Å². The predicted octanol–water partition coefficient (Wildman–Crippen LogP) is 3.73. The molecule has 34 heavy (non-hydrogen) atoms. The van der Waals surface area contributed by atoms with Gasteiger partial charge in [0.25, 0.3) is 5.91 Å². The Balaban J connectivity index is 1.30. The number of carbonyl (C=O) groups excluding carboxylic acids is 1. The average molecular weight is 453 g/mol. The second kappa shape index (κ2) is 7.76. The third-order valence-electron chi connectivity index (χ3n) is 6.73. The number of benzene rings is 1. The molecule has 3 saturated carbocycles. The van der Waals surface area contributed by atoms with E-state index in [0.29, 0.717) is 18.1 Å². The molecule has 0 spiro atoms. The molecule has 0 aliphatic heterocycles. The first-order valence-electron chi connectivity index (χ1n) is 11.5. The maximum atomic E-state index is 12.6. The van der Waals surface area contributed by atoms with E-state index in [-0.39, 0.29) is 16.9 Å². The third kappa shape index (κ3) is 3.25. The normalized spacial score (nSPS) is 22.4. The first kappa shape index (κ1) is 20.5. The molecule has 1 amide bonds. The summed E-state index contributed by atoms with van der Waals surface area (Å²) in [6, 6.07) is 19.3. The maximum absolute atomic E-state index is 12.6. The highest BCUT2D eigenvalue weighted by molar-refractivity contribution is 5.93. The fraction of sp³-hybridized carbons (Fsp3) is 0.269. The molecule has 0 saturated heterocycles. The van der Waals surface area contributed by atoms with Crippen molar-refractivity contribution in [1.29, 1.82) is 0 Å². The van der Waals surface area contributed by atoms with E-state index in [0.717, 1.165) is 42.2 Å². The SMILES string of the molecule is CCOc1ccc(-c2nnc(C34CC(NC(=O)c5ccccn5)(C3)C4)n2-c2ccccc2)nc1. The topological polar surface area (TPSA) is 94.8 Å². The molecule has 8 nitrogen and oxygen atoms in total. The molecule has 2 bridgehead atoms. The van der Waals surface area contributed by atoms with Gasteiger partial charge in [-0.15, -0.1) is 10.2 Å². The molecule has 3 heterocycles. The Labute approximate surface area is 197 Å². The van der Waals surface area contributed by atoms with E-state index in [4.69, 9.17) is 4.74 Å². The van der Waals surface area contributed by atoms with Crippen LogP contribution in [0, 0.1) is 0 Å². The Kier molecular flexibility index (Phi) is 4.69. The number of hydrogen-bond acceptors (Lipinski definition) is 6. The Morgan fingerprint density at radius 1 is 1.00 bits per heavy atom. The number of nitrogens with zero attached hydrogens (tertiary/aromatic N) is 5. The molecule has 1 aromatic carbocycles. The maximum Gasteiger partial charge on any atom is 0.270 e. The molecule has 0 unspecified atom stereocenters. The summed E-state index contributed by atoms with van der Waals surface area (Å²) in [4.78, 5) is 21.4. The lowest BCUT2D eigenvalue weighted by Gasteiger charge is -2.69. The first-order chi connectivity index (χ1) is 16.6. The third-order valence-corrected chi connectivity index (χ3v) is 6.73. The van der Waals surface area contributed by atoms with Gasteiger partial charge in [-0.25, -0.2) is 4.98 Å². The van der Waals surface area contributed by atoms with Crippen molar-refractivity contribution >= 4 is 5.91 Å². The zero-order valence-corrected chi connectivity index (χ0v) is 18.8. The van der Waals surface area contributed by atoms with E-state index < -0.39 is 0 Å². The fourth-order valence-corrected chi connectivity index (χ4v) is 5.34. The Hall–Kier alpha value is -4.07. The minimum atomic E-state index is -0.195. The first-order valence-corrected chi connectivity index (χ1v) is 11.5. The predicted molar refractivity (Wildman–Crippen MR) is 126 cm³/mol. The van der Waals surface area contributed by atoms with Crippen LogP contribution in [0.15, 0.2) is 73.1 Å². The highest BCUT2D eigenvalue weighted by atomic mass is 16.5. The zero-order chi connectivity index (χ0) is 23.2. The van der Waals surface area contributed by atoms with Crippen LogP contribution in [0.1, 0.15) is 42.5 Å². The lowest BCUT2D eigenvalue weighted by molar-refractivity contribution is -0.0873. The number of hydrogen-bond donors (Lipinski definition) is 1. The smallest absolute Gasteiger partial charge is 0.270 e. The van der Waals surface area contributed by atoms with E-state index >= 15 is 0 Å². The van der Waals surface area contributed by atoms with Crippen LogP contribution in [0.4, 0.5) is 0 Å². The molecule has 1 N–H and O–H groups in total. The highest BCUT2D eigenvalue weighted by Crippen LogP contribution is 2.67. The monoisotopic (exact) mass is 452 g/mol. The molecule has 3 aliphatic carbocycles. The number of para-hydroxylation sites is 1. The summed E-state index contributed by atoms with van der Waals surface area (Å²) in [5, 5.41) is 12.4. The van der Waals surface area contributed by atoms with Crippen molar-refractivity contribution < 1.29 is 9.53 Å². The minimum Gasteiger partial charge on any atom is -0.492 e. The van der Waals surface area contributed by atoms with Gasteiger partial charge in [0.2, 0.25) is 0 Å². The van der Waals surface area contributed by atoms with Crippen LogP contribution in [0.5, 0.6) is 5.75 Å². The van der Waals surface area contributed by atoms with E-state index in [1.165, 1.54) is 0 Å². The molecule has 0 radical (unpaired) electrons. The van der Waals surface area contributed by atoms with E-state index in [1.54, 1.807) is 24.5 Å². The van der Waals surface area contributed by atoms with Gasteiger partial charge < -0.3 is 10.1 Å². The molecule has 0 atom stereocenters. The van der Waals surface area contributed by atoms with Gasteiger partial charge in [-0.1, -0.05) is 24.3 Å². The molecule has 8 heteroatoms. The van der Waals surface area contributed by atoms with E-state index in [1.807, 2.05) is 43.3 Å². The number of rotatable bonds is 7. The number of nitrogens with one attached hydrogen (secondary N) is 1. The van der Waals surface area contributed by atoms with Gasteiger partial charge in [0.05, 0.1) is 12.8 Å². The largest absolute Gasteiger partial charge is 0.492 e. The number of aromatic nitrogens is 5. The van der Waals surface area contributed by atoms with Crippen LogP contribution in [-0.4, -0.2) is 42.8 Å². The number of ether oxygens (including phenoxy) is 1. The van der Waals surface area contributed by atoms with Crippen LogP contribution in [0.25, 0.3) is 17.2 Å². The molecule has 170 valence electrons. The number of carbonyl (C=O) groups is 1. The van der Waals surface area contributed by atoms with Crippen molar-refractivity contribution in [2.75, 3.05) is 6.61 Å². The molecular formula is C26H24N6O2. The number of amides is 1. The van der Waals surface area contributed by atoms with Crippen molar-refractivity contribution in [3.63, 3.8) is 0 Å². The van der Waals surface area contributed by atoms with E-state index in [2.05, 4.69) is 42.2 Å². The average Bonchev–Trinajstić information content (AvgIpc) is 3.27. The van der Waals surface area contributed by atoms with Gasteiger partial charge in [0, 0.05) is 22.8 Å². The molecule has 7 rings (SSSR count). The lowest BCUT2D eigenvalue weighted by Crippen LogP contribution is -2.77. The van der Waals surface area contributed by atoms with Crippen molar-refractivity contribution in [2.24, 2.45) is 0 Å². The minimum absolute atomic E-state index is 0.107. The second-order valence-corrected chi connectivity index (χ2v) is 9.09. The molecule has 3 fully saturated rings. The Morgan fingerprint density at radius 2 is 1.79 bits per heavy atom. The Bertz CT molecular complexity index is 1320. The van der Waals surface area contributed by atoms with Gasteiger partial charge in [-0.2, -0.15) is 0 Å². The second-order valence-electron chi connectivity index (χ2n) is 9.09. The van der Waals surface area contributed by atoms with Gasteiger partial charge in [-0.3, -0.25) is 14.3 Å².